The number of nitrogens with one attached hydrogen (secondary N) is 1. The summed E-state index contributed by atoms with van der Waals surface area (Å²) in [5.41, 5.74) is 1.59. The highest BCUT2D eigenvalue weighted by atomic mass is 16.2. The molecular weight excluding hydrogens is 252 g/mol. The molecule has 1 heterocycles. The molecule has 0 saturated carbocycles. The van der Waals surface area contributed by atoms with E-state index < -0.39 is 0 Å². The van der Waals surface area contributed by atoms with Gasteiger partial charge in [-0.15, -0.1) is 0 Å². The quantitative estimate of drug-likeness (QED) is 0.840. The van der Waals surface area contributed by atoms with Crippen LogP contribution in [-0.4, -0.2) is 35.7 Å². The number of benzene rings is 1. The number of likely N-dealkylation sites (tertiary alicyclic amines) is 1. The molecule has 1 aromatic carbocycles. The van der Waals surface area contributed by atoms with Crippen LogP contribution >= 0.6 is 0 Å². The lowest BCUT2D eigenvalue weighted by molar-refractivity contribution is -0.130. The highest BCUT2D eigenvalue weighted by Gasteiger charge is 2.22. The van der Waals surface area contributed by atoms with Crippen molar-refractivity contribution in [3.8, 4) is 0 Å². The van der Waals surface area contributed by atoms with E-state index in [0.717, 1.165) is 37.2 Å². The molecule has 1 unspecified atom stereocenters. The zero-order valence-corrected chi connectivity index (χ0v) is 12.2. The highest BCUT2D eigenvalue weighted by Crippen LogP contribution is 2.15. The van der Waals surface area contributed by atoms with E-state index in [1.165, 1.54) is 0 Å². The summed E-state index contributed by atoms with van der Waals surface area (Å²) >= 11 is 0. The molecule has 0 radical (unpaired) electrons. The van der Waals surface area contributed by atoms with Crippen molar-refractivity contribution in [1.29, 1.82) is 0 Å². The minimum atomic E-state index is -0.235. The lowest BCUT2D eigenvalue weighted by Crippen LogP contribution is -2.39. The number of hydrogen-bond donors (Lipinski definition) is 1. The van der Waals surface area contributed by atoms with Crippen LogP contribution in [0.3, 0.4) is 0 Å². The molecule has 1 aliphatic rings. The number of carbonyl (C=O) groups is 2. The maximum atomic E-state index is 12.2. The third-order valence-electron chi connectivity index (χ3n) is 3.70. The molecule has 108 valence electrons. The predicted molar refractivity (Wildman–Crippen MR) is 80.0 cm³/mol. The number of amides is 1. The number of Topliss-reactive ketones (excluding diaryl/α,β-unsaturated/α-hetero) is 1. The first-order valence-corrected chi connectivity index (χ1v) is 7.30. The average molecular weight is 274 g/mol. The number of ketones is 1. The zero-order valence-electron chi connectivity index (χ0n) is 12.2. The van der Waals surface area contributed by atoms with Crippen LogP contribution < -0.4 is 5.32 Å². The lowest BCUT2D eigenvalue weighted by Gasteiger charge is -2.21. The zero-order chi connectivity index (χ0) is 14.5. The minimum absolute atomic E-state index is 0.137. The molecule has 0 bridgehead atoms. The van der Waals surface area contributed by atoms with Gasteiger partial charge in [-0.05, 0) is 44.0 Å². The Morgan fingerprint density at radius 1 is 1.20 bits per heavy atom. The molecule has 1 amide bonds. The van der Waals surface area contributed by atoms with Crippen LogP contribution in [0.15, 0.2) is 24.3 Å². The topological polar surface area (TPSA) is 49.4 Å². The Bertz CT molecular complexity index is 476. The molecule has 4 heteroatoms. The first kappa shape index (κ1) is 14.6. The van der Waals surface area contributed by atoms with Gasteiger partial charge < -0.3 is 10.2 Å². The molecule has 1 N–H and O–H groups in total. The third-order valence-corrected chi connectivity index (χ3v) is 3.70. The molecular formula is C16H22N2O2. The molecule has 20 heavy (non-hydrogen) atoms. The Labute approximate surface area is 120 Å². The fraction of sp³-hybridized carbons (Fsp3) is 0.500. The van der Waals surface area contributed by atoms with Crippen molar-refractivity contribution >= 4 is 17.4 Å². The van der Waals surface area contributed by atoms with Gasteiger partial charge in [0.2, 0.25) is 5.91 Å². The summed E-state index contributed by atoms with van der Waals surface area (Å²) in [6, 6.07) is 7.09. The van der Waals surface area contributed by atoms with E-state index in [1.54, 1.807) is 12.1 Å². The molecule has 1 aromatic rings. The molecule has 0 aliphatic carbocycles. The molecule has 2 rings (SSSR count). The van der Waals surface area contributed by atoms with Crippen LogP contribution in [0.4, 0.5) is 5.69 Å². The van der Waals surface area contributed by atoms with E-state index >= 15 is 0 Å². The van der Waals surface area contributed by atoms with Crippen molar-refractivity contribution < 1.29 is 9.59 Å². The molecule has 1 aliphatic heterocycles. The van der Waals surface area contributed by atoms with Gasteiger partial charge in [-0.25, -0.2) is 0 Å². The number of nitrogens with zero attached hydrogens (tertiary/aromatic N) is 1. The number of hydrogen-bond acceptors (Lipinski definition) is 3. The predicted octanol–water partition coefficient (Wildman–Crippen LogP) is 2.70. The summed E-state index contributed by atoms with van der Waals surface area (Å²) in [4.78, 5) is 25.6. The van der Waals surface area contributed by atoms with Gasteiger partial charge in [0.1, 0.15) is 6.04 Å². The number of anilines is 1. The van der Waals surface area contributed by atoms with Crippen LogP contribution in [0, 0.1) is 0 Å². The van der Waals surface area contributed by atoms with E-state index in [9.17, 15) is 9.59 Å². The van der Waals surface area contributed by atoms with Gasteiger partial charge in [0, 0.05) is 30.8 Å². The summed E-state index contributed by atoms with van der Waals surface area (Å²) in [6.45, 7) is 5.47. The summed E-state index contributed by atoms with van der Waals surface area (Å²) in [7, 11) is 0. The third kappa shape index (κ3) is 3.38. The van der Waals surface area contributed by atoms with E-state index in [0.29, 0.717) is 6.42 Å². The Balaban J connectivity index is 1.95. The van der Waals surface area contributed by atoms with Crippen molar-refractivity contribution in [3.63, 3.8) is 0 Å². The molecule has 1 atom stereocenters. The van der Waals surface area contributed by atoms with Crippen LogP contribution in [0.1, 0.15) is 43.5 Å². The fourth-order valence-electron chi connectivity index (χ4n) is 2.48. The van der Waals surface area contributed by atoms with Crippen molar-refractivity contribution in [2.24, 2.45) is 0 Å². The summed E-state index contributed by atoms with van der Waals surface area (Å²) in [5.74, 6) is 0.286. The van der Waals surface area contributed by atoms with Crippen LogP contribution in [0.25, 0.3) is 0 Å². The average Bonchev–Trinajstić information content (AvgIpc) is 3.00. The van der Waals surface area contributed by atoms with Gasteiger partial charge in [0.15, 0.2) is 5.78 Å². The Hall–Kier alpha value is -1.84. The molecule has 0 aromatic heterocycles. The van der Waals surface area contributed by atoms with Crippen LogP contribution in [0.2, 0.25) is 0 Å². The monoisotopic (exact) mass is 274 g/mol. The normalized spacial score (nSPS) is 16.0. The summed E-state index contributed by atoms with van der Waals surface area (Å²) in [6.07, 6.45) is 2.72. The van der Waals surface area contributed by atoms with Gasteiger partial charge in [0.05, 0.1) is 0 Å². The maximum Gasteiger partial charge on any atom is 0.244 e. The van der Waals surface area contributed by atoms with Crippen LogP contribution in [0.5, 0.6) is 0 Å². The molecule has 1 fully saturated rings. The maximum absolute atomic E-state index is 12.2. The van der Waals surface area contributed by atoms with Gasteiger partial charge in [-0.2, -0.15) is 0 Å². The van der Waals surface area contributed by atoms with Gasteiger partial charge in [0.25, 0.3) is 0 Å². The highest BCUT2D eigenvalue weighted by molar-refractivity contribution is 5.96. The Morgan fingerprint density at radius 3 is 2.35 bits per heavy atom. The number of carbonyl (C=O) groups excluding carboxylic acids is 2. The van der Waals surface area contributed by atoms with E-state index in [-0.39, 0.29) is 17.7 Å². The van der Waals surface area contributed by atoms with E-state index in [4.69, 9.17) is 0 Å². The van der Waals surface area contributed by atoms with Gasteiger partial charge >= 0.3 is 0 Å². The second-order valence-corrected chi connectivity index (χ2v) is 5.25. The van der Waals surface area contributed by atoms with Crippen molar-refractivity contribution in [2.45, 2.75) is 39.2 Å². The smallest absolute Gasteiger partial charge is 0.244 e. The van der Waals surface area contributed by atoms with Gasteiger partial charge in [-0.3, -0.25) is 9.59 Å². The largest absolute Gasteiger partial charge is 0.374 e. The second kappa shape index (κ2) is 6.55. The van der Waals surface area contributed by atoms with Crippen molar-refractivity contribution in [2.75, 3.05) is 18.4 Å². The first-order valence-electron chi connectivity index (χ1n) is 7.30. The Morgan fingerprint density at radius 2 is 1.80 bits per heavy atom. The van der Waals surface area contributed by atoms with E-state index in [2.05, 4.69) is 5.32 Å². The van der Waals surface area contributed by atoms with E-state index in [1.807, 2.05) is 30.9 Å². The second-order valence-electron chi connectivity index (χ2n) is 5.25. The van der Waals surface area contributed by atoms with Gasteiger partial charge in [-0.1, -0.05) is 6.92 Å². The summed E-state index contributed by atoms with van der Waals surface area (Å²) in [5, 5.41) is 3.20. The lowest BCUT2D eigenvalue weighted by atomic mass is 10.1. The first-order chi connectivity index (χ1) is 9.61. The van der Waals surface area contributed by atoms with Crippen LogP contribution in [-0.2, 0) is 4.79 Å². The molecule has 4 nitrogen and oxygen atoms in total. The summed E-state index contributed by atoms with van der Waals surface area (Å²) < 4.78 is 0. The molecule has 1 saturated heterocycles. The minimum Gasteiger partial charge on any atom is -0.374 e. The fourth-order valence-corrected chi connectivity index (χ4v) is 2.48. The Kier molecular flexibility index (Phi) is 4.77. The SMILES string of the molecule is CCC(=O)c1ccc(NC(C)C(=O)N2CCCC2)cc1. The molecule has 0 spiro atoms. The van der Waals surface area contributed by atoms with Crippen molar-refractivity contribution in [3.05, 3.63) is 29.8 Å². The number of rotatable bonds is 5. The van der Waals surface area contributed by atoms with Crippen molar-refractivity contribution in [1.82, 2.24) is 4.90 Å². The standard InChI is InChI=1S/C16H22N2O2/c1-3-15(19)13-6-8-14(9-7-13)17-12(2)16(20)18-10-4-5-11-18/h6-9,12,17H,3-5,10-11H2,1-2H3.